The zero-order chi connectivity index (χ0) is 14.4. The van der Waals surface area contributed by atoms with Crippen LogP contribution in [0.15, 0.2) is 12.1 Å². The van der Waals surface area contributed by atoms with Gasteiger partial charge >= 0.3 is 11.7 Å². The molecule has 0 N–H and O–H groups in total. The summed E-state index contributed by atoms with van der Waals surface area (Å²) in [6, 6.07) is 4.45. The zero-order valence-electron chi connectivity index (χ0n) is 10.5. The number of nitro groups is 1. The van der Waals surface area contributed by atoms with Gasteiger partial charge in [0.2, 0.25) is 5.75 Å². The zero-order valence-corrected chi connectivity index (χ0v) is 10.5. The number of carbonyl (C=O) groups is 1. The number of ether oxygens (including phenoxy) is 2. The van der Waals surface area contributed by atoms with Gasteiger partial charge in [0, 0.05) is 5.56 Å². The van der Waals surface area contributed by atoms with Crippen LogP contribution in [0.2, 0.25) is 0 Å². The number of carbonyl (C=O) groups excluding carboxylic acids is 1. The number of nitriles is 1. The van der Waals surface area contributed by atoms with Crippen LogP contribution in [0.5, 0.6) is 5.75 Å². The highest BCUT2D eigenvalue weighted by Crippen LogP contribution is 2.34. The van der Waals surface area contributed by atoms with E-state index < -0.39 is 16.6 Å². The fourth-order valence-electron chi connectivity index (χ4n) is 1.62. The van der Waals surface area contributed by atoms with Crippen LogP contribution < -0.4 is 4.74 Å². The molecule has 0 saturated carbocycles. The van der Waals surface area contributed by atoms with E-state index in [1.807, 2.05) is 0 Å². The van der Waals surface area contributed by atoms with E-state index in [-0.39, 0.29) is 24.3 Å². The molecule has 1 aromatic carbocycles. The number of nitro benzene ring substituents is 1. The molecule has 100 valence electrons. The Kier molecular flexibility index (Phi) is 4.83. The van der Waals surface area contributed by atoms with Crippen molar-refractivity contribution in [1.82, 2.24) is 0 Å². The van der Waals surface area contributed by atoms with E-state index in [1.165, 1.54) is 19.2 Å². The molecule has 0 aliphatic heterocycles. The molecule has 0 heterocycles. The van der Waals surface area contributed by atoms with E-state index >= 15 is 0 Å². The van der Waals surface area contributed by atoms with Crippen molar-refractivity contribution in [3.63, 3.8) is 0 Å². The predicted octanol–water partition coefficient (Wildman–Crippen LogP) is 1.58. The summed E-state index contributed by atoms with van der Waals surface area (Å²) in [5.41, 5.74) is -0.243. The van der Waals surface area contributed by atoms with Gasteiger partial charge in [0.05, 0.1) is 25.1 Å². The average molecular weight is 264 g/mol. The largest absolute Gasteiger partial charge is 0.490 e. The predicted molar refractivity (Wildman–Crippen MR) is 64.7 cm³/mol. The third kappa shape index (κ3) is 3.19. The van der Waals surface area contributed by atoms with Gasteiger partial charge in [-0.25, -0.2) is 0 Å². The molecule has 0 aliphatic carbocycles. The van der Waals surface area contributed by atoms with Crippen LogP contribution in [0, 0.1) is 21.4 Å². The minimum absolute atomic E-state index is 0.0860. The second kappa shape index (κ2) is 6.35. The molecule has 0 atom stereocenters. The van der Waals surface area contributed by atoms with Crippen LogP contribution in [0.3, 0.4) is 0 Å². The van der Waals surface area contributed by atoms with Gasteiger partial charge < -0.3 is 9.47 Å². The molecule has 0 spiro atoms. The SMILES string of the molecule is CCOC(=O)Cc1ccc(C#N)c([N+](=O)[O-])c1OC. The first-order valence-corrected chi connectivity index (χ1v) is 5.45. The van der Waals surface area contributed by atoms with E-state index in [1.54, 1.807) is 13.0 Å². The highest BCUT2D eigenvalue weighted by atomic mass is 16.6. The number of esters is 1. The van der Waals surface area contributed by atoms with Crippen molar-refractivity contribution >= 4 is 11.7 Å². The summed E-state index contributed by atoms with van der Waals surface area (Å²) in [6.07, 6.45) is -0.149. The van der Waals surface area contributed by atoms with E-state index in [9.17, 15) is 14.9 Å². The summed E-state index contributed by atoms with van der Waals surface area (Å²) in [7, 11) is 1.25. The highest BCUT2D eigenvalue weighted by molar-refractivity contribution is 5.75. The summed E-state index contributed by atoms with van der Waals surface area (Å²) < 4.78 is 9.73. The topological polar surface area (TPSA) is 102 Å². The van der Waals surface area contributed by atoms with Gasteiger partial charge in [-0.15, -0.1) is 0 Å². The fraction of sp³-hybridized carbons (Fsp3) is 0.333. The second-order valence-corrected chi connectivity index (χ2v) is 3.50. The van der Waals surface area contributed by atoms with Gasteiger partial charge in [-0.05, 0) is 13.0 Å². The average Bonchev–Trinajstić information content (AvgIpc) is 2.38. The van der Waals surface area contributed by atoms with Crippen LogP contribution in [0.1, 0.15) is 18.1 Å². The number of rotatable bonds is 5. The van der Waals surface area contributed by atoms with Crippen molar-refractivity contribution in [2.45, 2.75) is 13.3 Å². The lowest BCUT2D eigenvalue weighted by Crippen LogP contribution is -2.09. The van der Waals surface area contributed by atoms with Crippen LogP contribution >= 0.6 is 0 Å². The summed E-state index contributed by atoms with van der Waals surface area (Å²) in [5.74, 6) is -0.600. The van der Waals surface area contributed by atoms with Gasteiger partial charge in [-0.2, -0.15) is 5.26 Å². The molecular weight excluding hydrogens is 252 g/mol. The van der Waals surface area contributed by atoms with Gasteiger partial charge in [-0.1, -0.05) is 6.07 Å². The van der Waals surface area contributed by atoms with Gasteiger partial charge in [0.15, 0.2) is 0 Å². The van der Waals surface area contributed by atoms with Crippen molar-refractivity contribution in [3.05, 3.63) is 33.4 Å². The lowest BCUT2D eigenvalue weighted by Gasteiger charge is -2.09. The Bertz CT molecular complexity index is 548. The van der Waals surface area contributed by atoms with Gasteiger partial charge in [0.1, 0.15) is 11.6 Å². The molecule has 7 heteroatoms. The number of hydrogen-bond acceptors (Lipinski definition) is 6. The van der Waals surface area contributed by atoms with Crippen LogP contribution in [0.4, 0.5) is 5.69 Å². The normalized spacial score (nSPS) is 9.53. The number of methoxy groups -OCH3 is 1. The molecule has 0 unspecified atom stereocenters. The summed E-state index contributed by atoms with van der Waals surface area (Å²) in [6.45, 7) is 1.88. The maximum Gasteiger partial charge on any atom is 0.328 e. The van der Waals surface area contributed by atoms with E-state index in [0.29, 0.717) is 5.56 Å². The molecule has 1 rings (SSSR count). The summed E-state index contributed by atoms with van der Waals surface area (Å²) >= 11 is 0. The Morgan fingerprint density at radius 3 is 2.68 bits per heavy atom. The third-order valence-electron chi connectivity index (χ3n) is 2.36. The minimum Gasteiger partial charge on any atom is -0.490 e. The molecule has 0 aromatic heterocycles. The lowest BCUT2D eigenvalue weighted by atomic mass is 10.1. The van der Waals surface area contributed by atoms with Gasteiger partial charge in [-0.3, -0.25) is 14.9 Å². The van der Waals surface area contributed by atoms with Crippen molar-refractivity contribution < 1.29 is 19.2 Å². The molecule has 1 aromatic rings. The Hall–Kier alpha value is -2.62. The maximum atomic E-state index is 11.4. The first kappa shape index (κ1) is 14.4. The van der Waals surface area contributed by atoms with Crippen molar-refractivity contribution in [3.8, 4) is 11.8 Å². The maximum absolute atomic E-state index is 11.4. The highest BCUT2D eigenvalue weighted by Gasteiger charge is 2.25. The molecule has 0 saturated heterocycles. The Morgan fingerprint density at radius 2 is 2.21 bits per heavy atom. The minimum atomic E-state index is -0.702. The lowest BCUT2D eigenvalue weighted by molar-refractivity contribution is -0.386. The number of nitrogens with zero attached hydrogens (tertiary/aromatic N) is 2. The first-order chi connectivity index (χ1) is 9.04. The monoisotopic (exact) mass is 264 g/mol. The number of hydrogen-bond donors (Lipinski definition) is 0. The Balaban J connectivity index is 3.28. The quantitative estimate of drug-likeness (QED) is 0.454. The van der Waals surface area contributed by atoms with E-state index in [4.69, 9.17) is 14.7 Å². The Morgan fingerprint density at radius 1 is 1.53 bits per heavy atom. The van der Waals surface area contributed by atoms with E-state index in [2.05, 4.69) is 0 Å². The summed E-state index contributed by atoms with van der Waals surface area (Å²) in [4.78, 5) is 21.7. The number of benzene rings is 1. The van der Waals surface area contributed by atoms with Crippen molar-refractivity contribution in [2.24, 2.45) is 0 Å². The molecule has 0 bridgehead atoms. The first-order valence-electron chi connectivity index (χ1n) is 5.45. The third-order valence-corrected chi connectivity index (χ3v) is 2.36. The van der Waals surface area contributed by atoms with Crippen molar-refractivity contribution in [2.75, 3.05) is 13.7 Å². The Labute approximate surface area is 109 Å². The molecule has 19 heavy (non-hydrogen) atoms. The van der Waals surface area contributed by atoms with Crippen LogP contribution in [0.25, 0.3) is 0 Å². The van der Waals surface area contributed by atoms with E-state index in [0.717, 1.165) is 0 Å². The van der Waals surface area contributed by atoms with Crippen LogP contribution in [-0.4, -0.2) is 24.6 Å². The summed E-state index contributed by atoms with van der Waals surface area (Å²) in [5, 5.41) is 19.8. The fourth-order valence-corrected chi connectivity index (χ4v) is 1.62. The molecule has 7 nitrogen and oxygen atoms in total. The molecule has 0 aliphatic rings. The molecular formula is C12H12N2O5. The van der Waals surface area contributed by atoms with Gasteiger partial charge in [0.25, 0.3) is 0 Å². The second-order valence-electron chi connectivity index (χ2n) is 3.50. The smallest absolute Gasteiger partial charge is 0.328 e. The van der Waals surface area contributed by atoms with Crippen molar-refractivity contribution in [1.29, 1.82) is 5.26 Å². The molecule has 0 fully saturated rings. The molecule has 0 radical (unpaired) electrons. The van der Waals surface area contributed by atoms with Crippen LogP contribution in [-0.2, 0) is 16.0 Å². The standard InChI is InChI=1S/C12H12N2O5/c1-3-19-10(15)6-8-4-5-9(7-13)11(14(16)17)12(8)18-2/h4-5H,3,6H2,1-2H3. The molecule has 0 amide bonds.